The van der Waals surface area contributed by atoms with Crippen LogP contribution in [0.1, 0.15) is 33.3 Å². The third-order valence-electron chi connectivity index (χ3n) is 4.83. The highest BCUT2D eigenvalue weighted by molar-refractivity contribution is 9.09. The Morgan fingerprint density at radius 2 is 1.76 bits per heavy atom. The quantitative estimate of drug-likeness (QED) is 0.309. The first-order valence-electron chi connectivity index (χ1n) is 8.16. The predicted molar refractivity (Wildman–Crippen MR) is 102 cm³/mol. The average molecular weight is 408 g/mol. The Kier molecular flexibility index (Phi) is 5.95. The first kappa shape index (κ1) is 19.5. The van der Waals surface area contributed by atoms with Crippen LogP contribution in [0.3, 0.4) is 0 Å². The summed E-state index contributed by atoms with van der Waals surface area (Å²) in [6.45, 7) is 7.58. The summed E-state index contributed by atoms with van der Waals surface area (Å²) >= 11 is 3.31. The highest BCUT2D eigenvalue weighted by Gasteiger charge is 2.59. The predicted octanol–water partition coefficient (Wildman–Crippen LogP) is 4.05. The topological polar surface area (TPSA) is 58.4 Å². The molecule has 0 atom stereocenters. The minimum absolute atomic E-state index is 0.140. The number of amidine groups is 1. The van der Waals surface area contributed by atoms with Gasteiger partial charge < -0.3 is 9.94 Å². The largest absolute Gasteiger partial charge is 0.714 e. The fourth-order valence-electron chi connectivity index (χ4n) is 2.45. The van der Waals surface area contributed by atoms with E-state index in [4.69, 9.17) is 4.74 Å². The average Bonchev–Trinajstić information content (AvgIpc) is 2.69. The Morgan fingerprint density at radius 3 is 2.28 bits per heavy atom. The molecule has 0 amide bonds. The number of allylic oxidation sites excluding steroid dienone is 3. The maximum atomic E-state index is 12.6. The number of benzene rings is 1. The molecule has 0 N–H and O–H groups in total. The van der Waals surface area contributed by atoms with Gasteiger partial charge in [0.05, 0.1) is 5.56 Å². The van der Waals surface area contributed by atoms with Gasteiger partial charge in [0.2, 0.25) is 0 Å². The summed E-state index contributed by atoms with van der Waals surface area (Å²) in [5.74, 6) is 0.825. The van der Waals surface area contributed by atoms with E-state index < -0.39 is 11.1 Å². The lowest BCUT2D eigenvalue weighted by atomic mass is 9.84. The third-order valence-corrected chi connectivity index (χ3v) is 5.20. The van der Waals surface area contributed by atoms with E-state index in [1.54, 1.807) is 52.0 Å². The fourth-order valence-corrected chi connectivity index (χ4v) is 2.67. The van der Waals surface area contributed by atoms with Crippen molar-refractivity contribution in [2.45, 2.75) is 38.8 Å². The molecule has 0 unspecified atom stereocenters. The molecule has 0 saturated carbocycles. The van der Waals surface area contributed by atoms with Crippen LogP contribution >= 0.6 is 15.9 Å². The molecule has 135 valence electrons. The molecule has 0 saturated heterocycles. The van der Waals surface area contributed by atoms with Crippen LogP contribution in [0.4, 0.5) is 0 Å². The molecule has 0 bridgehead atoms. The van der Waals surface area contributed by atoms with E-state index in [0.29, 0.717) is 17.9 Å². The number of hydroxylamine groups is 3. The lowest BCUT2D eigenvalue weighted by Gasteiger charge is -2.32. The van der Waals surface area contributed by atoms with E-state index in [1.807, 2.05) is 24.3 Å². The summed E-state index contributed by atoms with van der Waals surface area (Å²) in [4.78, 5) is 0. The number of halogens is 1. The van der Waals surface area contributed by atoms with Crippen LogP contribution in [0.25, 0.3) is 0 Å². The van der Waals surface area contributed by atoms with Gasteiger partial charge >= 0.3 is 5.84 Å². The van der Waals surface area contributed by atoms with Crippen molar-refractivity contribution in [3.8, 4) is 5.75 Å². The Labute approximate surface area is 157 Å². The zero-order valence-corrected chi connectivity index (χ0v) is 16.6. The molecule has 1 heterocycles. The summed E-state index contributed by atoms with van der Waals surface area (Å²) in [5, 5.41) is 26.9. The third kappa shape index (κ3) is 3.75. The Balaban J connectivity index is 2.11. The first-order valence-corrected chi connectivity index (χ1v) is 9.28. The van der Waals surface area contributed by atoms with Crippen LogP contribution in [0.2, 0.25) is 0 Å². The van der Waals surface area contributed by atoms with E-state index in [0.717, 1.165) is 15.1 Å². The van der Waals surface area contributed by atoms with E-state index in [-0.39, 0.29) is 5.84 Å². The van der Waals surface area contributed by atoms with Crippen molar-refractivity contribution < 1.29 is 14.7 Å². The SMILES string of the molecule is CC1(C)N([O])C(c2ccc(OC/C=C/C=C/CBr)cc2)=[N+]([O-])C1(C)C. The molecule has 0 fully saturated rings. The number of alkyl halides is 1. The van der Waals surface area contributed by atoms with Crippen LogP contribution in [0.5, 0.6) is 5.75 Å². The van der Waals surface area contributed by atoms with Crippen LogP contribution in [-0.2, 0) is 5.21 Å². The lowest BCUT2D eigenvalue weighted by Crippen LogP contribution is -2.53. The molecule has 1 aliphatic heterocycles. The van der Waals surface area contributed by atoms with Crippen LogP contribution in [-0.4, -0.2) is 38.7 Å². The van der Waals surface area contributed by atoms with Crippen molar-refractivity contribution in [2.75, 3.05) is 11.9 Å². The second-order valence-electron chi connectivity index (χ2n) is 6.88. The normalized spacial score (nSPS) is 19.4. The monoisotopic (exact) mass is 407 g/mol. The van der Waals surface area contributed by atoms with Crippen LogP contribution in [0.15, 0.2) is 48.6 Å². The smallest absolute Gasteiger partial charge is 0.316 e. The molecule has 25 heavy (non-hydrogen) atoms. The number of hydrogen-bond acceptors (Lipinski definition) is 3. The number of ether oxygens (including phenoxy) is 1. The van der Waals surface area contributed by atoms with Crippen molar-refractivity contribution in [3.05, 3.63) is 59.3 Å². The summed E-state index contributed by atoms with van der Waals surface area (Å²) in [7, 11) is 0. The maximum Gasteiger partial charge on any atom is 0.316 e. The van der Waals surface area contributed by atoms with Gasteiger partial charge in [0.1, 0.15) is 17.9 Å². The molecular weight excluding hydrogens is 384 g/mol. The molecule has 5 nitrogen and oxygen atoms in total. The van der Waals surface area contributed by atoms with Gasteiger partial charge in [-0.1, -0.05) is 39.2 Å². The summed E-state index contributed by atoms with van der Waals surface area (Å²) < 4.78 is 6.43. The Morgan fingerprint density at radius 1 is 1.16 bits per heavy atom. The molecular formula is C19H24BrN2O3. The molecule has 0 aromatic heterocycles. The number of hydrogen-bond donors (Lipinski definition) is 0. The minimum atomic E-state index is -0.813. The molecule has 1 radical (unpaired) electrons. The maximum absolute atomic E-state index is 12.6. The van der Waals surface area contributed by atoms with Crippen LogP contribution in [0, 0.1) is 5.21 Å². The van der Waals surface area contributed by atoms with Gasteiger partial charge in [-0.05, 0) is 58.0 Å². The van der Waals surface area contributed by atoms with Crippen molar-refractivity contribution in [1.82, 2.24) is 5.06 Å². The zero-order valence-electron chi connectivity index (χ0n) is 15.0. The van der Waals surface area contributed by atoms with Crippen molar-refractivity contribution >= 4 is 21.8 Å². The summed E-state index contributed by atoms with van der Waals surface area (Å²) in [6, 6.07) is 7.02. The Bertz CT molecular complexity index is 691. The second-order valence-corrected chi connectivity index (χ2v) is 7.52. The molecule has 0 spiro atoms. The van der Waals surface area contributed by atoms with Crippen molar-refractivity contribution in [3.63, 3.8) is 0 Å². The molecule has 1 aliphatic rings. The number of nitrogens with zero attached hydrogens (tertiary/aromatic N) is 2. The lowest BCUT2D eigenvalue weighted by molar-refractivity contribution is -0.539. The molecule has 6 heteroatoms. The highest BCUT2D eigenvalue weighted by atomic mass is 79.9. The molecule has 0 aliphatic carbocycles. The summed E-state index contributed by atoms with van der Waals surface area (Å²) in [6.07, 6.45) is 7.74. The van der Waals surface area contributed by atoms with Gasteiger partial charge in [0.25, 0.3) is 0 Å². The van der Waals surface area contributed by atoms with Gasteiger partial charge in [-0.2, -0.15) is 0 Å². The standard InChI is InChI=1S/C19H24BrN2O3/c1-18(2)19(3,4)22(24)17(21(18)23)15-9-11-16(12-10-15)25-14-8-6-5-7-13-20/h5-12H,13-14H2,1-4H3/b7-5+,8-6+. The van der Waals surface area contributed by atoms with Crippen LogP contribution < -0.4 is 4.74 Å². The van der Waals surface area contributed by atoms with E-state index in [9.17, 15) is 10.4 Å². The van der Waals surface area contributed by atoms with E-state index in [1.165, 1.54) is 0 Å². The van der Waals surface area contributed by atoms with Gasteiger partial charge in [0, 0.05) is 10.5 Å². The van der Waals surface area contributed by atoms with Gasteiger partial charge in [0.15, 0.2) is 5.54 Å². The highest BCUT2D eigenvalue weighted by Crippen LogP contribution is 2.37. The van der Waals surface area contributed by atoms with E-state index in [2.05, 4.69) is 15.9 Å². The Hall–Kier alpha value is -1.79. The number of rotatable bonds is 6. The summed E-state index contributed by atoms with van der Waals surface area (Å²) in [5.41, 5.74) is -1.04. The minimum Gasteiger partial charge on any atom is -0.714 e. The molecule has 1 aromatic carbocycles. The van der Waals surface area contributed by atoms with Gasteiger partial charge in [-0.25, -0.2) is 0 Å². The molecule has 2 rings (SSSR count). The van der Waals surface area contributed by atoms with Gasteiger partial charge in [-0.15, -0.1) is 0 Å². The van der Waals surface area contributed by atoms with Crippen molar-refractivity contribution in [1.29, 1.82) is 0 Å². The van der Waals surface area contributed by atoms with Gasteiger partial charge in [-0.3, -0.25) is 4.74 Å². The first-order chi connectivity index (χ1) is 11.7. The van der Waals surface area contributed by atoms with E-state index >= 15 is 0 Å². The fraction of sp³-hybridized carbons (Fsp3) is 0.421. The van der Waals surface area contributed by atoms with Crippen molar-refractivity contribution in [2.24, 2.45) is 0 Å². The molecule has 1 aromatic rings. The second kappa shape index (κ2) is 7.62. The zero-order chi connectivity index (χ0) is 18.7.